The molecule has 2 N–H and O–H groups in total. The lowest BCUT2D eigenvalue weighted by Gasteiger charge is -2.18. The van der Waals surface area contributed by atoms with Crippen LogP contribution < -0.4 is 0 Å². The Morgan fingerprint density at radius 1 is 0.556 bits per heavy atom. The van der Waals surface area contributed by atoms with E-state index in [1.54, 1.807) is 0 Å². The average molecular weight is 661 g/mol. The van der Waals surface area contributed by atoms with Gasteiger partial charge in [-0.15, -0.1) is 0 Å². The van der Waals surface area contributed by atoms with Gasteiger partial charge in [0.2, 0.25) is 0 Å². The molecule has 45 heavy (non-hydrogen) atoms. The van der Waals surface area contributed by atoms with Crippen molar-refractivity contribution in [1.29, 1.82) is 0 Å². The molecule has 0 aliphatic heterocycles. The SMILES string of the molecule is CCCCCC/C=C\CCCCCCCCCC(=O)OC[C@H](COP(=O)(O)O)OC(=O)CCCCCCCCCCCCCC. The standard InChI is InChI=1S/C36H69O8P/c1-3-5-7-9-11-13-15-17-18-19-21-22-24-26-28-30-35(37)42-32-34(33-43-45(39,40)41)44-36(38)31-29-27-25-23-20-16-14-12-10-8-6-4-2/h13,15,34H,3-12,14,16-33H2,1-2H3,(H2,39,40,41)/b15-13-/t34-/m1/s1. The summed E-state index contributed by atoms with van der Waals surface area (Å²) in [4.78, 5) is 42.6. The minimum atomic E-state index is -4.74. The lowest BCUT2D eigenvalue weighted by molar-refractivity contribution is -0.161. The maximum Gasteiger partial charge on any atom is 0.469 e. The summed E-state index contributed by atoms with van der Waals surface area (Å²) in [7, 11) is -4.74. The largest absolute Gasteiger partial charge is 0.469 e. The van der Waals surface area contributed by atoms with Gasteiger partial charge in [0, 0.05) is 12.8 Å². The van der Waals surface area contributed by atoms with Gasteiger partial charge >= 0.3 is 19.8 Å². The van der Waals surface area contributed by atoms with E-state index in [2.05, 4.69) is 30.5 Å². The van der Waals surface area contributed by atoms with Crippen molar-refractivity contribution in [3.8, 4) is 0 Å². The first-order valence-corrected chi connectivity index (χ1v) is 20.0. The summed E-state index contributed by atoms with van der Waals surface area (Å²) in [5, 5.41) is 0. The topological polar surface area (TPSA) is 119 Å². The summed E-state index contributed by atoms with van der Waals surface area (Å²) < 4.78 is 26.3. The Morgan fingerprint density at radius 2 is 0.933 bits per heavy atom. The molecular formula is C36H69O8P. The predicted molar refractivity (Wildman–Crippen MR) is 184 cm³/mol. The monoisotopic (exact) mass is 660 g/mol. The maximum absolute atomic E-state index is 12.3. The van der Waals surface area contributed by atoms with Crippen molar-refractivity contribution in [3.63, 3.8) is 0 Å². The fourth-order valence-electron chi connectivity index (χ4n) is 5.25. The molecule has 0 aromatic heterocycles. The van der Waals surface area contributed by atoms with Crippen LogP contribution in [0.25, 0.3) is 0 Å². The van der Waals surface area contributed by atoms with E-state index in [0.717, 1.165) is 51.4 Å². The van der Waals surface area contributed by atoms with Crippen LogP contribution in [0, 0.1) is 0 Å². The van der Waals surface area contributed by atoms with Crippen molar-refractivity contribution >= 4 is 19.8 Å². The van der Waals surface area contributed by atoms with E-state index < -0.39 is 32.5 Å². The molecule has 0 saturated heterocycles. The highest BCUT2D eigenvalue weighted by molar-refractivity contribution is 7.46. The van der Waals surface area contributed by atoms with Crippen LogP contribution in [0.3, 0.4) is 0 Å². The number of phosphoric acid groups is 1. The van der Waals surface area contributed by atoms with E-state index >= 15 is 0 Å². The summed E-state index contributed by atoms with van der Waals surface area (Å²) in [5.74, 6) is -0.884. The number of hydrogen-bond acceptors (Lipinski definition) is 6. The van der Waals surface area contributed by atoms with Gasteiger partial charge in [0.1, 0.15) is 6.61 Å². The molecule has 0 aromatic rings. The minimum absolute atomic E-state index is 0.216. The lowest BCUT2D eigenvalue weighted by atomic mass is 10.0. The quantitative estimate of drug-likeness (QED) is 0.0303. The van der Waals surface area contributed by atoms with E-state index in [-0.39, 0.29) is 19.4 Å². The van der Waals surface area contributed by atoms with Gasteiger partial charge in [-0.25, -0.2) is 4.57 Å². The highest BCUT2D eigenvalue weighted by Crippen LogP contribution is 2.36. The van der Waals surface area contributed by atoms with Crippen molar-refractivity contribution in [2.45, 2.75) is 193 Å². The summed E-state index contributed by atoms with van der Waals surface area (Å²) in [6.07, 6.45) is 33.6. The van der Waals surface area contributed by atoms with Crippen LogP contribution in [0.2, 0.25) is 0 Å². The fourth-order valence-corrected chi connectivity index (χ4v) is 5.61. The number of carbonyl (C=O) groups is 2. The van der Waals surface area contributed by atoms with Gasteiger partial charge in [-0.1, -0.05) is 148 Å². The summed E-state index contributed by atoms with van der Waals surface area (Å²) >= 11 is 0. The third-order valence-electron chi connectivity index (χ3n) is 8.03. The van der Waals surface area contributed by atoms with Crippen LogP contribution in [0.5, 0.6) is 0 Å². The number of carbonyl (C=O) groups excluding carboxylic acids is 2. The number of allylic oxidation sites excluding steroid dienone is 2. The second-order valence-electron chi connectivity index (χ2n) is 12.6. The van der Waals surface area contributed by atoms with Gasteiger partial charge in [-0.3, -0.25) is 14.1 Å². The highest BCUT2D eigenvalue weighted by atomic mass is 31.2. The summed E-state index contributed by atoms with van der Waals surface area (Å²) in [5.41, 5.74) is 0. The number of ether oxygens (including phenoxy) is 2. The Kier molecular flexibility index (Phi) is 31.8. The molecule has 0 aromatic carbocycles. The molecule has 266 valence electrons. The Bertz CT molecular complexity index is 751. The zero-order valence-corrected chi connectivity index (χ0v) is 29.9. The first-order chi connectivity index (χ1) is 21.8. The van der Waals surface area contributed by atoms with Crippen LogP contribution in [0.1, 0.15) is 187 Å². The third-order valence-corrected chi connectivity index (χ3v) is 8.52. The third kappa shape index (κ3) is 35.5. The predicted octanol–water partition coefficient (Wildman–Crippen LogP) is 10.7. The second-order valence-corrected chi connectivity index (χ2v) is 13.8. The number of hydrogen-bond donors (Lipinski definition) is 2. The molecule has 0 spiro atoms. The van der Waals surface area contributed by atoms with Gasteiger partial charge in [-0.2, -0.15) is 0 Å². The molecule has 0 rings (SSSR count). The van der Waals surface area contributed by atoms with Crippen molar-refractivity contribution in [3.05, 3.63) is 12.2 Å². The zero-order valence-electron chi connectivity index (χ0n) is 29.0. The maximum atomic E-state index is 12.3. The van der Waals surface area contributed by atoms with E-state index in [0.29, 0.717) is 6.42 Å². The number of unbranched alkanes of at least 4 members (excludes halogenated alkanes) is 22. The molecule has 0 unspecified atom stereocenters. The molecule has 1 atom stereocenters. The molecule has 8 nitrogen and oxygen atoms in total. The first kappa shape index (κ1) is 43.8. The summed E-state index contributed by atoms with van der Waals surface area (Å²) in [6, 6.07) is 0. The molecule has 0 radical (unpaired) electrons. The van der Waals surface area contributed by atoms with Crippen LogP contribution in [-0.2, 0) is 28.2 Å². The second kappa shape index (κ2) is 32.7. The molecule has 0 amide bonds. The molecule has 9 heteroatoms. The van der Waals surface area contributed by atoms with Gasteiger partial charge in [0.05, 0.1) is 6.61 Å². The van der Waals surface area contributed by atoms with Crippen molar-refractivity contribution in [1.82, 2.24) is 0 Å². The number of rotatable bonds is 34. The van der Waals surface area contributed by atoms with Gasteiger partial charge in [-0.05, 0) is 38.5 Å². The summed E-state index contributed by atoms with van der Waals surface area (Å²) in [6.45, 7) is 3.66. The molecule has 0 heterocycles. The Balaban J connectivity index is 3.95. The van der Waals surface area contributed by atoms with Gasteiger partial charge in [0.25, 0.3) is 0 Å². The van der Waals surface area contributed by atoms with E-state index in [1.807, 2.05) is 0 Å². The molecular weight excluding hydrogens is 591 g/mol. The van der Waals surface area contributed by atoms with Crippen LogP contribution in [0.15, 0.2) is 12.2 Å². The van der Waals surface area contributed by atoms with E-state index in [9.17, 15) is 14.2 Å². The molecule has 0 saturated carbocycles. The van der Waals surface area contributed by atoms with Crippen LogP contribution in [-0.4, -0.2) is 41.0 Å². The Hall–Kier alpha value is -1.21. The fraction of sp³-hybridized carbons (Fsp3) is 0.889. The average Bonchev–Trinajstić information content (AvgIpc) is 3.00. The van der Waals surface area contributed by atoms with Crippen molar-refractivity contribution < 1.29 is 37.9 Å². The zero-order chi connectivity index (χ0) is 33.3. The first-order valence-electron chi connectivity index (χ1n) is 18.5. The van der Waals surface area contributed by atoms with Crippen LogP contribution >= 0.6 is 7.82 Å². The Labute approximate surface area is 276 Å². The van der Waals surface area contributed by atoms with Crippen molar-refractivity contribution in [2.24, 2.45) is 0 Å². The molecule has 0 aliphatic rings. The molecule has 0 aliphatic carbocycles. The highest BCUT2D eigenvalue weighted by Gasteiger charge is 2.22. The number of phosphoric ester groups is 1. The molecule has 0 bridgehead atoms. The van der Waals surface area contributed by atoms with E-state index in [4.69, 9.17) is 19.3 Å². The van der Waals surface area contributed by atoms with Crippen LogP contribution in [0.4, 0.5) is 0 Å². The smallest absolute Gasteiger partial charge is 0.462 e. The molecule has 0 fully saturated rings. The minimum Gasteiger partial charge on any atom is -0.462 e. The van der Waals surface area contributed by atoms with Gasteiger partial charge < -0.3 is 19.3 Å². The Morgan fingerprint density at radius 3 is 1.38 bits per heavy atom. The van der Waals surface area contributed by atoms with E-state index in [1.165, 1.54) is 103 Å². The normalized spacial score (nSPS) is 12.5. The number of esters is 2. The van der Waals surface area contributed by atoms with Gasteiger partial charge in [0.15, 0.2) is 6.10 Å². The van der Waals surface area contributed by atoms with Crippen molar-refractivity contribution in [2.75, 3.05) is 13.2 Å². The lowest BCUT2D eigenvalue weighted by Crippen LogP contribution is -2.29.